The molecule has 12 heavy (non-hydrogen) atoms. The van der Waals surface area contributed by atoms with Crippen LogP contribution in [0.4, 0.5) is 24.7 Å². The highest BCUT2D eigenvalue weighted by molar-refractivity contribution is 5.53. The van der Waals surface area contributed by atoms with Gasteiger partial charge in [0.25, 0.3) is 0 Å². The number of hydrogen-bond acceptors (Lipinski definition) is 3. The van der Waals surface area contributed by atoms with Crippen molar-refractivity contribution in [3.8, 4) is 0 Å². The lowest BCUT2D eigenvalue weighted by Gasteiger charge is -2.08. The molecule has 1 rings (SSSR count). The van der Waals surface area contributed by atoms with E-state index in [-0.39, 0.29) is 5.82 Å². The first-order chi connectivity index (χ1) is 5.41. The summed E-state index contributed by atoms with van der Waals surface area (Å²) in [6.07, 6.45) is -3.85. The Bertz CT molecular complexity index is 295. The second kappa shape index (κ2) is 2.54. The van der Waals surface area contributed by atoms with Crippen LogP contribution in [0.1, 0.15) is 5.56 Å². The van der Waals surface area contributed by atoms with Gasteiger partial charge >= 0.3 is 6.18 Å². The van der Waals surface area contributed by atoms with E-state index in [4.69, 9.17) is 11.5 Å². The van der Waals surface area contributed by atoms with Crippen molar-refractivity contribution in [1.29, 1.82) is 0 Å². The highest BCUT2D eigenvalue weighted by Crippen LogP contribution is 2.33. The summed E-state index contributed by atoms with van der Waals surface area (Å²) in [6, 6.07) is 0.975. The molecular weight excluding hydrogens is 171 g/mol. The van der Waals surface area contributed by atoms with Crippen molar-refractivity contribution in [2.24, 2.45) is 0 Å². The molecule has 0 aliphatic carbocycles. The molecule has 0 aromatic carbocycles. The molecule has 0 atom stereocenters. The van der Waals surface area contributed by atoms with Gasteiger partial charge in [-0.1, -0.05) is 0 Å². The van der Waals surface area contributed by atoms with Crippen molar-refractivity contribution >= 4 is 11.5 Å². The fraction of sp³-hybridized carbons (Fsp3) is 0.167. The van der Waals surface area contributed by atoms with Gasteiger partial charge in [-0.15, -0.1) is 0 Å². The molecule has 0 spiro atoms. The summed E-state index contributed by atoms with van der Waals surface area (Å²) in [5.74, 6) is -0.0273. The molecular formula is C6H6F3N3. The molecule has 0 saturated carbocycles. The second-order valence-electron chi connectivity index (χ2n) is 2.19. The highest BCUT2D eigenvalue weighted by atomic mass is 19.4. The molecule has 0 saturated heterocycles. The maximum absolute atomic E-state index is 12.0. The molecule has 1 aromatic heterocycles. The van der Waals surface area contributed by atoms with Crippen LogP contribution in [0.3, 0.4) is 0 Å². The van der Waals surface area contributed by atoms with E-state index in [9.17, 15) is 13.2 Å². The van der Waals surface area contributed by atoms with E-state index in [0.717, 1.165) is 6.07 Å². The summed E-state index contributed by atoms with van der Waals surface area (Å²) < 4.78 is 36.1. The van der Waals surface area contributed by atoms with Gasteiger partial charge in [-0.2, -0.15) is 13.2 Å². The zero-order valence-corrected chi connectivity index (χ0v) is 5.89. The van der Waals surface area contributed by atoms with E-state index >= 15 is 0 Å². The molecule has 0 fully saturated rings. The van der Waals surface area contributed by atoms with Crippen LogP contribution in [0, 0.1) is 0 Å². The van der Waals surface area contributed by atoms with Crippen molar-refractivity contribution in [1.82, 2.24) is 4.98 Å². The number of aromatic nitrogens is 1. The van der Waals surface area contributed by atoms with Gasteiger partial charge < -0.3 is 11.5 Å². The molecule has 0 radical (unpaired) electrons. The summed E-state index contributed by atoms with van der Waals surface area (Å²) >= 11 is 0. The van der Waals surface area contributed by atoms with Gasteiger partial charge in [0.05, 0.1) is 5.56 Å². The standard InChI is InChI=1S/C6H6F3N3/c7-6(8,9)3-2-12-5(11)1-4(3)10/h1-2H,(H4,10,11,12). The third-order valence-electron chi connectivity index (χ3n) is 1.26. The zero-order valence-electron chi connectivity index (χ0n) is 5.89. The van der Waals surface area contributed by atoms with Crippen LogP contribution in [-0.4, -0.2) is 4.98 Å². The normalized spacial score (nSPS) is 11.6. The number of nitrogens with two attached hydrogens (primary N) is 2. The quantitative estimate of drug-likeness (QED) is 0.627. The maximum Gasteiger partial charge on any atom is 0.419 e. The lowest BCUT2D eigenvalue weighted by atomic mass is 10.2. The molecule has 1 heterocycles. The Morgan fingerprint density at radius 3 is 2.25 bits per heavy atom. The van der Waals surface area contributed by atoms with Crippen LogP contribution < -0.4 is 11.5 Å². The van der Waals surface area contributed by atoms with Crippen molar-refractivity contribution in [3.05, 3.63) is 17.8 Å². The van der Waals surface area contributed by atoms with Gasteiger partial charge in [0.15, 0.2) is 0 Å². The first-order valence-electron chi connectivity index (χ1n) is 2.99. The van der Waals surface area contributed by atoms with Crippen LogP contribution in [0.2, 0.25) is 0 Å². The SMILES string of the molecule is Nc1cc(N)c(C(F)(F)F)cn1. The number of rotatable bonds is 0. The Kier molecular flexibility index (Phi) is 1.83. The number of halogens is 3. The van der Waals surface area contributed by atoms with Crippen molar-refractivity contribution < 1.29 is 13.2 Å². The molecule has 6 heteroatoms. The van der Waals surface area contributed by atoms with Gasteiger partial charge in [0.1, 0.15) is 5.82 Å². The van der Waals surface area contributed by atoms with Crippen LogP contribution in [0.25, 0.3) is 0 Å². The Hall–Kier alpha value is -1.46. The number of anilines is 2. The average molecular weight is 177 g/mol. The summed E-state index contributed by atoms with van der Waals surface area (Å²) in [4.78, 5) is 3.28. The fourth-order valence-corrected chi connectivity index (χ4v) is 0.725. The Morgan fingerprint density at radius 1 is 1.25 bits per heavy atom. The number of alkyl halides is 3. The summed E-state index contributed by atoms with van der Waals surface area (Å²) in [5.41, 5.74) is 8.81. The maximum atomic E-state index is 12.0. The largest absolute Gasteiger partial charge is 0.419 e. The second-order valence-corrected chi connectivity index (χ2v) is 2.19. The topological polar surface area (TPSA) is 64.9 Å². The lowest BCUT2D eigenvalue weighted by molar-refractivity contribution is -0.137. The van der Waals surface area contributed by atoms with E-state index in [1.807, 2.05) is 0 Å². The summed E-state index contributed by atoms with van der Waals surface area (Å²) in [6.45, 7) is 0. The lowest BCUT2D eigenvalue weighted by Crippen LogP contribution is -2.10. The van der Waals surface area contributed by atoms with Gasteiger partial charge in [0.2, 0.25) is 0 Å². The van der Waals surface area contributed by atoms with Crippen molar-refractivity contribution in [2.75, 3.05) is 11.5 Å². The van der Waals surface area contributed by atoms with Crippen molar-refractivity contribution in [3.63, 3.8) is 0 Å². The predicted molar refractivity (Wildman–Crippen MR) is 38.1 cm³/mol. The third kappa shape index (κ3) is 1.58. The van der Waals surface area contributed by atoms with Gasteiger partial charge in [-0.25, -0.2) is 4.98 Å². The van der Waals surface area contributed by atoms with Crippen molar-refractivity contribution in [2.45, 2.75) is 6.18 Å². The molecule has 1 aromatic rings. The van der Waals surface area contributed by atoms with E-state index < -0.39 is 17.4 Å². The van der Waals surface area contributed by atoms with Crippen LogP contribution in [0.5, 0.6) is 0 Å². The van der Waals surface area contributed by atoms with E-state index in [0.29, 0.717) is 6.20 Å². The predicted octanol–water partition coefficient (Wildman–Crippen LogP) is 1.26. The molecule has 0 aliphatic rings. The molecule has 66 valence electrons. The Labute approximate surface area is 66.2 Å². The minimum atomic E-state index is -4.47. The minimum absolute atomic E-state index is 0.0273. The molecule has 0 amide bonds. The van der Waals surface area contributed by atoms with E-state index in [1.54, 1.807) is 0 Å². The van der Waals surface area contributed by atoms with Crippen LogP contribution in [-0.2, 0) is 6.18 Å². The minimum Gasteiger partial charge on any atom is -0.398 e. The average Bonchev–Trinajstić information content (AvgIpc) is 1.83. The first-order valence-corrected chi connectivity index (χ1v) is 2.99. The summed E-state index contributed by atoms with van der Waals surface area (Å²) in [5, 5.41) is 0. The van der Waals surface area contributed by atoms with Gasteiger partial charge in [-0.05, 0) is 0 Å². The van der Waals surface area contributed by atoms with E-state index in [1.165, 1.54) is 0 Å². The third-order valence-corrected chi connectivity index (χ3v) is 1.26. The number of nitrogen functional groups attached to an aromatic ring is 2. The number of pyridine rings is 1. The first kappa shape index (κ1) is 8.63. The Balaban J connectivity index is 3.19. The Morgan fingerprint density at radius 2 is 1.83 bits per heavy atom. The van der Waals surface area contributed by atoms with Gasteiger partial charge in [-0.3, -0.25) is 0 Å². The monoisotopic (exact) mass is 177 g/mol. The number of nitrogens with zero attached hydrogens (tertiary/aromatic N) is 1. The smallest absolute Gasteiger partial charge is 0.398 e. The zero-order chi connectivity index (χ0) is 9.35. The fourth-order valence-electron chi connectivity index (χ4n) is 0.725. The molecule has 4 N–H and O–H groups in total. The highest BCUT2D eigenvalue weighted by Gasteiger charge is 2.33. The number of hydrogen-bond donors (Lipinski definition) is 2. The molecule has 0 unspecified atom stereocenters. The van der Waals surface area contributed by atoms with Gasteiger partial charge in [0, 0.05) is 18.0 Å². The van der Waals surface area contributed by atoms with E-state index in [2.05, 4.69) is 4.98 Å². The van der Waals surface area contributed by atoms with Crippen LogP contribution >= 0.6 is 0 Å². The van der Waals surface area contributed by atoms with Crippen LogP contribution in [0.15, 0.2) is 12.3 Å². The molecule has 0 bridgehead atoms. The molecule has 0 aliphatic heterocycles. The molecule has 3 nitrogen and oxygen atoms in total. The summed E-state index contributed by atoms with van der Waals surface area (Å²) in [7, 11) is 0.